The number of rotatable bonds is 6. The Bertz CT molecular complexity index is 1260. The zero-order chi connectivity index (χ0) is 22.8. The van der Waals surface area contributed by atoms with Gasteiger partial charge in [-0.1, -0.05) is 24.3 Å². The van der Waals surface area contributed by atoms with E-state index in [1.807, 2.05) is 24.4 Å². The highest BCUT2D eigenvalue weighted by Crippen LogP contribution is 2.37. The largest absolute Gasteiger partial charge is 0.481 e. The van der Waals surface area contributed by atoms with Crippen molar-refractivity contribution in [1.29, 1.82) is 0 Å². The number of carboxylic acids is 1. The van der Waals surface area contributed by atoms with Crippen LogP contribution in [-0.4, -0.2) is 38.1 Å². The summed E-state index contributed by atoms with van der Waals surface area (Å²) in [6.07, 6.45) is 6.22. The maximum atomic E-state index is 10.9. The van der Waals surface area contributed by atoms with Crippen molar-refractivity contribution in [2.45, 2.75) is 38.0 Å². The molecule has 1 aromatic carbocycles. The minimum Gasteiger partial charge on any atom is -0.481 e. The van der Waals surface area contributed by atoms with Crippen molar-refractivity contribution in [3.05, 3.63) is 60.3 Å². The third-order valence-corrected chi connectivity index (χ3v) is 6.55. The van der Waals surface area contributed by atoms with Crippen LogP contribution >= 0.6 is 0 Å². The van der Waals surface area contributed by atoms with Crippen LogP contribution in [0.25, 0.3) is 33.8 Å². The van der Waals surface area contributed by atoms with Crippen molar-refractivity contribution in [2.24, 2.45) is 5.92 Å². The molecule has 7 heteroatoms. The molecule has 1 aliphatic rings. The minimum absolute atomic E-state index is 0.298. The molecule has 2 N–H and O–H groups in total. The molecule has 0 bridgehead atoms. The molecule has 168 valence electrons. The zero-order valence-electron chi connectivity index (χ0n) is 18.5. The lowest BCUT2D eigenvalue weighted by molar-refractivity contribution is -0.138. The summed E-state index contributed by atoms with van der Waals surface area (Å²) >= 11 is 0. The Morgan fingerprint density at radius 1 is 1.00 bits per heavy atom. The van der Waals surface area contributed by atoms with Gasteiger partial charge in [0.2, 0.25) is 5.88 Å². The highest BCUT2D eigenvalue weighted by Gasteiger charge is 2.24. The highest BCUT2D eigenvalue weighted by molar-refractivity contribution is 5.76. The number of fused-ring (bicyclic) bond motifs is 1. The van der Waals surface area contributed by atoms with Gasteiger partial charge in [0.25, 0.3) is 0 Å². The molecule has 5 rings (SSSR count). The van der Waals surface area contributed by atoms with Crippen LogP contribution in [0.3, 0.4) is 0 Å². The van der Waals surface area contributed by atoms with Crippen molar-refractivity contribution in [3.8, 4) is 28.5 Å². The second kappa shape index (κ2) is 9.02. The van der Waals surface area contributed by atoms with Crippen LogP contribution in [0.4, 0.5) is 0 Å². The first kappa shape index (κ1) is 21.1. The number of hydrogen-bond donors (Lipinski definition) is 2. The van der Waals surface area contributed by atoms with Crippen LogP contribution in [0.5, 0.6) is 5.88 Å². The van der Waals surface area contributed by atoms with Gasteiger partial charge < -0.3 is 14.8 Å². The smallest absolute Gasteiger partial charge is 0.303 e. The Balaban J connectivity index is 1.27. The van der Waals surface area contributed by atoms with E-state index in [9.17, 15) is 4.79 Å². The molecule has 3 aromatic heterocycles. The van der Waals surface area contributed by atoms with Crippen molar-refractivity contribution in [1.82, 2.24) is 19.9 Å². The Labute approximate surface area is 191 Å². The summed E-state index contributed by atoms with van der Waals surface area (Å²) < 4.78 is 5.17. The van der Waals surface area contributed by atoms with E-state index in [1.54, 1.807) is 13.2 Å². The van der Waals surface area contributed by atoms with E-state index in [1.165, 1.54) is 5.56 Å². The van der Waals surface area contributed by atoms with Gasteiger partial charge in [-0.05, 0) is 61.3 Å². The number of nitrogens with zero attached hydrogens (tertiary/aromatic N) is 3. The number of carboxylic acid groups (broad SMARTS) is 1. The molecule has 0 aliphatic heterocycles. The molecule has 4 aromatic rings. The van der Waals surface area contributed by atoms with Crippen LogP contribution in [-0.2, 0) is 4.79 Å². The zero-order valence-corrected chi connectivity index (χ0v) is 18.5. The van der Waals surface area contributed by atoms with Gasteiger partial charge in [0, 0.05) is 29.8 Å². The quantitative estimate of drug-likeness (QED) is 0.412. The molecule has 0 radical (unpaired) electrons. The topological polar surface area (TPSA) is 101 Å². The average Bonchev–Trinajstić information content (AvgIpc) is 3.28. The Hall–Kier alpha value is -3.74. The lowest BCUT2D eigenvalue weighted by Crippen LogP contribution is -2.16. The number of methoxy groups -OCH3 is 1. The molecule has 1 fully saturated rings. The van der Waals surface area contributed by atoms with E-state index < -0.39 is 5.97 Å². The number of ether oxygens (including phenoxy) is 1. The van der Waals surface area contributed by atoms with E-state index in [2.05, 4.69) is 44.2 Å². The summed E-state index contributed by atoms with van der Waals surface area (Å²) in [4.78, 5) is 27.8. The Morgan fingerprint density at radius 3 is 2.42 bits per heavy atom. The highest BCUT2D eigenvalue weighted by atomic mass is 16.5. The van der Waals surface area contributed by atoms with Gasteiger partial charge in [-0.3, -0.25) is 9.78 Å². The van der Waals surface area contributed by atoms with Gasteiger partial charge in [0.15, 0.2) is 5.65 Å². The van der Waals surface area contributed by atoms with Crippen molar-refractivity contribution in [2.75, 3.05) is 7.11 Å². The second-order valence-corrected chi connectivity index (χ2v) is 8.68. The standard InChI is InChI=1S/C26H26N4O3/c1-33-23-13-12-22-26(29-23)30-25(28-22)20-10-11-21(27-15-20)19-8-6-18(7-9-19)17-4-2-16(3-5-17)14-24(31)32/h6-13,15-17H,2-5,14H2,1H3,(H,31,32)(H,28,29,30). The van der Waals surface area contributed by atoms with Crippen LogP contribution in [0.1, 0.15) is 43.6 Å². The number of aliphatic carboxylic acids is 1. The summed E-state index contributed by atoms with van der Waals surface area (Å²) in [5.41, 5.74) is 5.66. The monoisotopic (exact) mass is 442 g/mol. The van der Waals surface area contributed by atoms with Crippen molar-refractivity contribution < 1.29 is 14.6 Å². The van der Waals surface area contributed by atoms with E-state index in [-0.39, 0.29) is 0 Å². The number of H-pyrrole nitrogens is 1. The summed E-state index contributed by atoms with van der Waals surface area (Å²) in [5, 5.41) is 9.00. The number of carbonyl (C=O) groups is 1. The molecule has 3 heterocycles. The first-order valence-electron chi connectivity index (χ1n) is 11.3. The summed E-state index contributed by atoms with van der Waals surface area (Å²) in [7, 11) is 1.59. The fourth-order valence-electron chi connectivity index (χ4n) is 4.70. The summed E-state index contributed by atoms with van der Waals surface area (Å²) in [5.74, 6) is 1.41. The molecule has 1 aliphatic carbocycles. The third kappa shape index (κ3) is 4.58. The first-order valence-corrected chi connectivity index (χ1v) is 11.3. The predicted molar refractivity (Wildman–Crippen MR) is 126 cm³/mol. The molecule has 0 unspecified atom stereocenters. The van der Waals surface area contributed by atoms with E-state index in [0.717, 1.165) is 53.8 Å². The number of aromatic nitrogens is 4. The Morgan fingerprint density at radius 2 is 1.76 bits per heavy atom. The van der Waals surface area contributed by atoms with E-state index in [0.29, 0.717) is 29.8 Å². The molecule has 7 nitrogen and oxygen atoms in total. The SMILES string of the molecule is COc1ccc2[nH]c(-c3ccc(-c4ccc(C5CCC(CC(=O)O)CC5)cc4)nc3)nc2n1. The maximum Gasteiger partial charge on any atom is 0.303 e. The molecule has 0 saturated heterocycles. The lowest BCUT2D eigenvalue weighted by Gasteiger charge is -2.28. The molecule has 0 spiro atoms. The number of imidazole rings is 1. The molecule has 33 heavy (non-hydrogen) atoms. The minimum atomic E-state index is -0.682. The summed E-state index contributed by atoms with van der Waals surface area (Å²) in [6.45, 7) is 0. The molecular formula is C26H26N4O3. The molecule has 1 saturated carbocycles. The summed E-state index contributed by atoms with van der Waals surface area (Å²) in [6, 6.07) is 16.3. The van der Waals surface area contributed by atoms with Gasteiger partial charge in [0.1, 0.15) is 5.82 Å². The third-order valence-electron chi connectivity index (χ3n) is 6.55. The van der Waals surface area contributed by atoms with Gasteiger partial charge in [-0.2, -0.15) is 4.98 Å². The van der Waals surface area contributed by atoms with Crippen LogP contribution in [0, 0.1) is 5.92 Å². The fraction of sp³-hybridized carbons (Fsp3) is 0.308. The van der Waals surface area contributed by atoms with E-state index in [4.69, 9.17) is 9.84 Å². The lowest BCUT2D eigenvalue weighted by atomic mass is 9.77. The van der Waals surface area contributed by atoms with E-state index >= 15 is 0 Å². The number of aromatic amines is 1. The molecule has 0 amide bonds. The van der Waals surface area contributed by atoms with Gasteiger partial charge in [-0.15, -0.1) is 0 Å². The van der Waals surface area contributed by atoms with Crippen molar-refractivity contribution >= 4 is 17.1 Å². The maximum absolute atomic E-state index is 10.9. The average molecular weight is 443 g/mol. The normalized spacial score (nSPS) is 18.3. The molecule has 0 atom stereocenters. The number of benzene rings is 1. The van der Waals surface area contributed by atoms with Crippen LogP contribution in [0.15, 0.2) is 54.7 Å². The fourth-order valence-corrected chi connectivity index (χ4v) is 4.70. The number of hydrogen-bond acceptors (Lipinski definition) is 5. The van der Waals surface area contributed by atoms with Gasteiger partial charge >= 0.3 is 5.97 Å². The van der Waals surface area contributed by atoms with Crippen LogP contribution in [0.2, 0.25) is 0 Å². The first-order chi connectivity index (χ1) is 16.1. The van der Waals surface area contributed by atoms with Crippen LogP contribution < -0.4 is 4.74 Å². The number of pyridine rings is 2. The predicted octanol–water partition coefficient (Wildman–Crippen LogP) is 5.44. The second-order valence-electron chi connectivity index (χ2n) is 8.68. The van der Waals surface area contributed by atoms with Crippen molar-refractivity contribution in [3.63, 3.8) is 0 Å². The molecular weight excluding hydrogens is 416 g/mol. The Kier molecular flexibility index (Phi) is 5.77. The van der Waals surface area contributed by atoms with Gasteiger partial charge in [0.05, 0.1) is 18.3 Å². The van der Waals surface area contributed by atoms with Gasteiger partial charge in [-0.25, -0.2) is 4.98 Å². The number of nitrogens with one attached hydrogen (secondary N) is 1.